The van der Waals surface area contributed by atoms with E-state index in [1.807, 2.05) is 54.6 Å². The van der Waals surface area contributed by atoms with E-state index in [0.717, 1.165) is 39.5 Å². The van der Waals surface area contributed by atoms with Gasteiger partial charge in [0.2, 0.25) is 0 Å². The lowest BCUT2D eigenvalue weighted by molar-refractivity contribution is 0.415. The Balaban J connectivity index is 1.64. The molecule has 0 fully saturated rings. The van der Waals surface area contributed by atoms with Crippen molar-refractivity contribution in [1.29, 1.82) is 0 Å². The predicted molar refractivity (Wildman–Crippen MR) is 104 cm³/mol. The minimum absolute atomic E-state index is 0.561. The fraction of sp³-hybridized carbons (Fsp3) is 0.150. The molecule has 3 heterocycles. The minimum atomic E-state index is 0.561. The standard InChI is InChI=1S/C20H18N4O2S/c1-25-17-9-7-15(8-10-17)19-22-23-20(24(19)13-18-6-4-12-26-18)27-14-16-5-2-3-11-21-16/h2-12H,13-14H2,1H3. The average Bonchev–Trinajstić information content (AvgIpc) is 3.38. The summed E-state index contributed by atoms with van der Waals surface area (Å²) in [5, 5.41) is 9.65. The highest BCUT2D eigenvalue weighted by molar-refractivity contribution is 7.98. The Hall–Kier alpha value is -3.06. The number of aromatic nitrogens is 4. The van der Waals surface area contributed by atoms with Crippen molar-refractivity contribution >= 4 is 11.8 Å². The first-order valence-electron chi connectivity index (χ1n) is 8.46. The van der Waals surface area contributed by atoms with Gasteiger partial charge >= 0.3 is 0 Å². The smallest absolute Gasteiger partial charge is 0.192 e. The second-order valence-electron chi connectivity index (χ2n) is 5.81. The quantitative estimate of drug-likeness (QED) is 0.447. The van der Waals surface area contributed by atoms with Crippen molar-refractivity contribution < 1.29 is 9.15 Å². The summed E-state index contributed by atoms with van der Waals surface area (Å²) in [6.45, 7) is 0.561. The molecule has 0 saturated carbocycles. The normalized spacial score (nSPS) is 10.9. The first kappa shape index (κ1) is 17.4. The van der Waals surface area contributed by atoms with Gasteiger partial charge in [-0.05, 0) is 48.5 Å². The van der Waals surface area contributed by atoms with Crippen molar-refractivity contribution in [2.45, 2.75) is 17.5 Å². The van der Waals surface area contributed by atoms with Gasteiger partial charge in [0.15, 0.2) is 11.0 Å². The maximum atomic E-state index is 5.53. The van der Waals surface area contributed by atoms with Crippen LogP contribution in [-0.2, 0) is 12.3 Å². The van der Waals surface area contributed by atoms with E-state index in [0.29, 0.717) is 6.54 Å². The third kappa shape index (κ3) is 4.03. The fourth-order valence-corrected chi connectivity index (χ4v) is 3.53. The molecule has 0 aliphatic rings. The van der Waals surface area contributed by atoms with Crippen LogP contribution in [0.4, 0.5) is 0 Å². The van der Waals surface area contributed by atoms with Crippen LogP contribution in [0.25, 0.3) is 11.4 Å². The highest BCUT2D eigenvalue weighted by Crippen LogP contribution is 2.28. The zero-order valence-electron chi connectivity index (χ0n) is 14.8. The van der Waals surface area contributed by atoms with E-state index in [-0.39, 0.29) is 0 Å². The largest absolute Gasteiger partial charge is 0.497 e. The van der Waals surface area contributed by atoms with Crippen molar-refractivity contribution in [1.82, 2.24) is 19.7 Å². The van der Waals surface area contributed by atoms with Crippen LogP contribution in [0.5, 0.6) is 5.75 Å². The molecule has 0 aliphatic carbocycles. The van der Waals surface area contributed by atoms with Crippen molar-refractivity contribution in [2.75, 3.05) is 7.11 Å². The Labute approximate surface area is 161 Å². The second kappa shape index (κ2) is 8.09. The summed E-state index contributed by atoms with van der Waals surface area (Å²) in [5.41, 5.74) is 1.97. The second-order valence-corrected chi connectivity index (χ2v) is 6.75. The van der Waals surface area contributed by atoms with E-state index < -0.39 is 0 Å². The van der Waals surface area contributed by atoms with E-state index in [2.05, 4.69) is 19.7 Å². The number of ether oxygens (including phenoxy) is 1. The molecule has 0 saturated heterocycles. The predicted octanol–water partition coefficient (Wildman–Crippen LogP) is 4.28. The highest BCUT2D eigenvalue weighted by atomic mass is 32.2. The molecule has 7 heteroatoms. The summed E-state index contributed by atoms with van der Waals surface area (Å²) in [7, 11) is 1.65. The van der Waals surface area contributed by atoms with Crippen molar-refractivity contribution in [3.8, 4) is 17.1 Å². The number of nitrogens with zero attached hydrogens (tertiary/aromatic N) is 4. The monoisotopic (exact) mass is 378 g/mol. The first-order chi connectivity index (χ1) is 13.3. The lowest BCUT2D eigenvalue weighted by Gasteiger charge is -2.09. The fourth-order valence-electron chi connectivity index (χ4n) is 2.67. The van der Waals surface area contributed by atoms with E-state index in [1.165, 1.54) is 0 Å². The van der Waals surface area contributed by atoms with Crippen LogP contribution >= 0.6 is 11.8 Å². The molecular weight excluding hydrogens is 360 g/mol. The lowest BCUT2D eigenvalue weighted by atomic mass is 10.2. The van der Waals surface area contributed by atoms with Gasteiger partial charge in [0.25, 0.3) is 0 Å². The Morgan fingerprint density at radius 3 is 2.63 bits per heavy atom. The number of hydrogen-bond donors (Lipinski definition) is 0. The number of hydrogen-bond acceptors (Lipinski definition) is 6. The number of rotatable bonds is 7. The molecule has 0 spiro atoms. The number of pyridine rings is 1. The van der Waals surface area contributed by atoms with Gasteiger partial charge in [0.05, 0.1) is 25.6 Å². The minimum Gasteiger partial charge on any atom is -0.497 e. The van der Waals surface area contributed by atoms with Gasteiger partial charge in [-0.15, -0.1) is 10.2 Å². The molecule has 0 bridgehead atoms. The molecule has 27 heavy (non-hydrogen) atoms. The molecule has 0 aliphatic heterocycles. The van der Waals surface area contributed by atoms with Crippen LogP contribution in [0.2, 0.25) is 0 Å². The van der Waals surface area contributed by atoms with Crippen LogP contribution in [0.1, 0.15) is 11.5 Å². The molecule has 1 aromatic carbocycles. The number of benzene rings is 1. The molecule has 0 amide bonds. The summed E-state index contributed by atoms with van der Waals surface area (Å²) in [5.74, 6) is 3.17. The van der Waals surface area contributed by atoms with Gasteiger partial charge < -0.3 is 9.15 Å². The maximum absolute atomic E-state index is 5.53. The van der Waals surface area contributed by atoms with Gasteiger partial charge in [0.1, 0.15) is 11.5 Å². The molecule has 4 aromatic rings. The van der Waals surface area contributed by atoms with Gasteiger partial charge in [-0.2, -0.15) is 0 Å². The van der Waals surface area contributed by atoms with Crippen LogP contribution in [-0.4, -0.2) is 26.9 Å². The third-order valence-corrected chi connectivity index (χ3v) is 5.03. The molecule has 0 atom stereocenters. The van der Waals surface area contributed by atoms with Gasteiger partial charge in [-0.1, -0.05) is 17.8 Å². The summed E-state index contributed by atoms with van der Waals surface area (Å²) >= 11 is 1.61. The van der Waals surface area contributed by atoms with Crippen molar-refractivity contribution in [2.24, 2.45) is 0 Å². The lowest BCUT2D eigenvalue weighted by Crippen LogP contribution is -2.03. The number of thioether (sulfide) groups is 1. The van der Waals surface area contributed by atoms with Crippen LogP contribution in [0, 0.1) is 0 Å². The van der Waals surface area contributed by atoms with Crippen LogP contribution in [0.15, 0.2) is 76.6 Å². The summed E-state index contributed by atoms with van der Waals surface area (Å²) in [6.07, 6.45) is 3.47. The molecule has 3 aromatic heterocycles. The Bertz CT molecular complexity index is 983. The van der Waals surface area contributed by atoms with Gasteiger partial charge in [0, 0.05) is 17.5 Å². The Kier molecular flexibility index (Phi) is 5.20. The highest BCUT2D eigenvalue weighted by Gasteiger charge is 2.16. The molecule has 136 valence electrons. The topological polar surface area (TPSA) is 66.0 Å². The SMILES string of the molecule is COc1ccc(-c2nnc(SCc3ccccn3)n2Cc2ccco2)cc1. The van der Waals surface area contributed by atoms with Gasteiger partial charge in [-0.25, -0.2) is 0 Å². The van der Waals surface area contributed by atoms with E-state index in [4.69, 9.17) is 9.15 Å². The number of methoxy groups -OCH3 is 1. The maximum Gasteiger partial charge on any atom is 0.192 e. The molecule has 0 radical (unpaired) electrons. The third-order valence-electron chi connectivity index (χ3n) is 4.03. The van der Waals surface area contributed by atoms with E-state index >= 15 is 0 Å². The summed E-state index contributed by atoms with van der Waals surface area (Å²) in [4.78, 5) is 4.37. The van der Waals surface area contributed by atoms with Crippen molar-refractivity contribution in [3.63, 3.8) is 0 Å². The van der Waals surface area contributed by atoms with Crippen LogP contribution in [0.3, 0.4) is 0 Å². The Morgan fingerprint density at radius 1 is 1.04 bits per heavy atom. The van der Waals surface area contributed by atoms with E-state index in [9.17, 15) is 0 Å². The summed E-state index contributed by atoms with van der Waals surface area (Å²) < 4.78 is 12.8. The molecule has 0 unspecified atom stereocenters. The Morgan fingerprint density at radius 2 is 1.93 bits per heavy atom. The van der Waals surface area contributed by atoms with Crippen LogP contribution < -0.4 is 4.74 Å². The molecule has 6 nitrogen and oxygen atoms in total. The summed E-state index contributed by atoms with van der Waals surface area (Å²) in [6, 6.07) is 17.5. The molecular formula is C20H18N4O2S. The molecule has 0 N–H and O–H groups in total. The first-order valence-corrected chi connectivity index (χ1v) is 9.45. The van der Waals surface area contributed by atoms with Gasteiger partial charge in [-0.3, -0.25) is 9.55 Å². The van der Waals surface area contributed by atoms with Crippen molar-refractivity contribution in [3.05, 3.63) is 78.5 Å². The molecule has 4 rings (SSSR count). The zero-order valence-corrected chi connectivity index (χ0v) is 15.6. The average molecular weight is 378 g/mol. The zero-order chi connectivity index (χ0) is 18.5. The van der Waals surface area contributed by atoms with E-state index in [1.54, 1.807) is 31.3 Å². The number of furan rings is 1.